The van der Waals surface area contributed by atoms with Crippen LogP contribution >= 0.6 is 11.3 Å². The van der Waals surface area contributed by atoms with Crippen molar-refractivity contribution in [2.45, 2.75) is 27.0 Å². The zero-order valence-electron chi connectivity index (χ0n) is 12.7. The predicted octanol–water partition coefficient (Wildman–Crippen LogP) is 3.76. The van der Waals surface area contributed by atoms with Gasteiger partial charge in [0.1, 0.15) is 12.4 Å². The van der Waals surface area contributed by atoms with E-state index >= 15 is 0 Å². The Balaban J connectivity index is 1.67. The normalized spacial score (nSPS) is 10.8. The third kappa shape index (κ3) is 5.50. The molecule has 0 radical (unpaired) electrons. The molecule has 0 aliphatic heterocycles. The number of benzene rings is 1. The van der Waals surface area contributed by atoms with E-state index in [9.17, 15) is 0 Å². The van der Waals surface area contributed by atoms with Gasteiger partial charge < -0.3 is 14.8 Å². The van der Waals surface area contributed by atoms with Crippen molar-refractivity contribution in [3.05, 3.63) is 51.7 Å². The Kier molecular flexibility index (Phi) is 6.73. The van der Waals surface area contributed by atoms with Gasteiger partial charge in [-0.05, 0) is 37.2 Å². The van der Waals surface area contributed by atoms with Crippen LogP contribution in [0.1, 0.15) is 22.2 Å². The fraction of sp³-hybridized carbons (Fsp3) is 0.412. The second kappa shape index (κ2) is 8.82. The first-order chi connectivity index (χ1) is 10.3. The van der Waals surface area contributed by atoms with Crippen LogP contribution in [0.2, 0.25) is 0 Å². The van der Waals surface area contributed by atoms with E-state index in [4.69, 9.17) is 9.47 Å². The average Bonchev–Trinajstić information content (AvgIpc) is 2.86. The Hall–Kier alpha value is -1.36. The van der Waals surface area contributed by atoms with Crippen LogP contribution in [0.3, 0.4) is 0 Å². The summed E-state index contributed by atoms with van der Waals surface area (Å²) in [4.78, 5) is 2.71. The molecule has 0 bridgehead atoms. The van der Waals surface area contributed by atoms with Gasteiger partial charge in [-0.3, -0.25) is 0 Å². The van der Waals surface area contributed by atoms with Crippen LogP contribution in [0.5, 0.6) is 5.75 Å². The fourth-order valence-corrected chi connectivity index (χ4v) is 3.00. The minimum Gasteiger partial charge on any atom is -0.491 e. The van der Waals surface area contributed by atoms with Gasteiger partial charge in [-0.25, -0.2) is 0 Å². The fourth-order valence-electron chi connectivity index (χ4n) is 1.98. The highest BCUT2D eigenvalue weighted by Gasteiger charge is 2.05. The summed E-state index contributed by atoms with van der Waals surface area (Å²) >= 11 is 1.84. The van der Waals surface area contributed by atoms with Gasteiger partial charge in [-0.15, -0.1) is 11.3 Å². The lowest BCUT2D eigenvalue weighted by Crippen LogP contribution is -2.10. The molecule has 1 aromatic heterocycles. The summed E-state index contributed by atoms with van der Waals surface area (Å²) in [7, 11) is 0. The molecule has 0 aliphatic carbocycles. The molecule has 2 rings (SSSR count). The van der Waals surface area contributed by atoms with E-state index in [0.29, 0.717) is 19.8 Å². The molecule has 4 heteroatoms. The van der Waals surface area contributed by atoms with E-state index in [-0.39, 0.29) is 0 Å². The lowest BCUT2D eigenvalue weighted by Gasteiger charge is -2.06. The van der Waals surface area contributed by atoms with Crippen molar-refractivity contribution in [1.82, 2.24) is 5.32 Å². The van der Waals surface area contributed by atoms with Crippen LogP contribution in [-0.2, 0) is 17.9 Å². The molecule has 21 heavy (non-hydrogen) atoms. The summed E-state index contributed by atoms with van der Waals surface area (Å²) in [5, 5.41) is 3.35. The molecule has 0 saturated heterocycles. The van der Waals surface area contributed by atoms with Gasteiger partial charge in [0.15, 0.2) is 0 Å². The summed E-state index contributed by atoms with van der Waals surface area (Å²) in [6, 6.07) is 12.1. The van der Waals surface area contributed by atoms with Gasteiger partial charge in [0, 0.05) is 16.3 Å². The van der Waals surface area contributed by atoms with Gasteiger partial charge in [0.25, 0.3) is 0 Å². The minimum absolute atomic E-state index is 0.581. The quantitative estimate of drug-likeness (QED) is 0.716. The number of thiophene rings is 1. The molecule has 3 nitrogen and oxygen atoms in total. The zero-order chi connectivity index (χ0) is 14.9. The molecular formula is C17H23NO2S. The van der Waals surface area contributed by atoms with Crippen LogP contribution in [0.4, 0.5) is 0 Å². The average molecular weight is 305 g/mol. The van der Waals surface area contributed by atoms with Gasteiger partial charge in [0.2, 0.25) is 0 Å². The molecule has 0 unspecified atom stereocenters. The van der Waals surface area contributed by atoms with Gasteiger partial charge in [-0.2, -0.15) is 0 Å². The topological polar surface area (TPSA) is 30.5 Å². The lowest BCUT2D eigenvalue weighted by atomic mass is 10.2. The van der Waals surface area contributed by atoms with E-state index in [2.05, 4.69) is 25.2 Å². The summed E-state index contributed by atoms with van der Waals surface area (Å²) < 4.78 is 11.3. The summed E-state index contributed by atoms with van der Waals surface area (Å²) in [5.74, 6) is 0.890. The van der Waals surface area contributed by atoms with Crippen molar-refractivity contribution in [3.63, 3.8) is 0 Å². The standard InChI is InChI=1S/C17H23NO2S/c1-3-18-12-17-11-15(14(2)21-17)13-19-9-10-20-16-7-5-4-6-8-16/h4-8,11,18H,3,9-10,12-13H2,1-2H3. The van der Waals surface area contributed by atoms with Crippen molar-refractivity contribution < 1.29 is 9.47 Å². The monoisotopic (exact) mass is 305 g/mol. The van der Waals surface area contributed by atoms with Crippen LogP contribution in [-0.4, -0.2) is 19.8 Å². The van der Waals surface area contributed by atoms with E-state index < -0.39 is 0 Å². The Morgan fingerprint density at radius 1 is 1.14 bits per heavy atom. The molecule has 2 aromatic rings. The Labute approximate surface area is 130 Å². The number of aryl methyl sites for hydroxylation is 1. The minimum atomic E-state index is 0.581. The third-order valence-corrected chi connectivity index (χ3v) is 4.21. The van der Waals surface area contributed by atoms with Crippen LogP contribution < -0.4 is 10.1 Å². The number of rotatable bonds is 9. The van der Waals surface area contributed by atoms with Crippen molar-refractivity contribution in [1.29, 1.82) is 0 Å². The van der Waals surface area contributed by atoms with E-state index in [1.807, 2.05) is 41.7 Å². The first-order valence-corrected chi connectivity index (χ1v) is 8.15. The van der Waals surface area contributed by atoms with E-state index in [1.165, 1.54) is 15.3 Å². The van der Waals surface area contributed by atoms with Crippen LogP contribution in [0.25, 0.3) is 0 Å². The molecule has 114 valence electrons. The zero-order valence-corrected chi connectivity index (χ0v) is 13.5. The highest BCUT2D eigenvalue weighted by molar-refractivity contribution is 7.12. The number of hydrogen-bond acceptors (Lipinski definition) is 4. The maximum atomic E-state index is 5.70. The number of para-hydroxylation sites is 1. The van der Waals surface area contributed by atoms with Crippen molar-refractivity contribution in [3.8, 4) is 5.75 Å². The number of ether oxygens (including phenoxy) is 2. The predicted molar refractivity (Wildman–Crippen MR) is 88.0 cm³/mol. The summed E-state index contributed by atoms with van der Waals surface area (Å²) in [5.41, 5.74) is 1.28. The van der Waals surface area contributed by atoms with Crippen LogP contribution in [0.15, 0.2) is 36.4 Å². The SMILES string of the molecule is CCNCc1cc(COCCOc2ccccc2)c(C)s1. The molecule has 0 atom stereocenters. The van der Waals surface area contributed by atoms with Gasteiger partial charge in [0.05, 0.1) is 13.2 Å². The van der Waals surface area contributed by atoms with Gasteiger partial charge >= 0.3 is 0 Å². The Bertz CT molecular complexity index is 525. The lowest BCUT2D eigenvalue weighted by molar-refractivity contribution is 0.0888. The first-order valence-electron chi connectivity index (χ1n) is 7.34. The highest BCUT2D eigenvalue weighted by atomic mass is 32.1. The molecule has 0 saturated carbocycles. The second-order valence-electron chi connectivity index (χ2n) is 4.79. The molecule has 1 N–H and O–H groups in total. The molecule has 0 aliphatic rings. The molecule has 0 spiro atoms. The molecule has 1 aromatic carbocycles. The molecular weight excluding hydrogens is 282 g/mol. The smallest absolute Gasteiger partial charge is 0.119 e. The molecule has 0 fully saturated rings. The Morgan fingerprint density at radius 2 is 1.95 bits per heavy atom. The molecule has 0 amide bonds. The van der Waals surface area contributed by atoms with E-state index in [1.54, 1.807) is 0 Å². The highest BCUT2D eigenvalue weighted by Crippen LogP contribution is 2.22. The summed E-state index contributed by atoms with van der Waals surface area (Å²) in [6.07, 6.45) is 0. The van der Waals surface area contributed by atoms with Crippen LogP contribution in [0, 0.1) is 6.92 Å². The number of hydrogen-bond donors (Lipinski definition) is 1. The largest absolute Gasteiger partial charge is 0.491 e. The maximum Gasteiger partial charge on any atom is 0.119 e. The van der Waals surface area contributed by atoms with Crippen molar-refractivity contribution in [2.75, 3.05) is 19.8 Å². The van der Waals surface area contributed by atoms with Crippen molar-refractivity contribution in [2.24, 2.45) is 0 Å². The first kappa shape index (κ1) is 16.0. The second-order valence-corrected chi connectivity index (χ2v) is 6.13. The number of nitrogens with one attached hydrogen (secondary N) is 1. The maximum absolute atomic E-state index is 5.70. The molecule has 1 heterocycles. The summed E-state index contributed by atoms with van der Waals surface area (Å²) in [6.45, 7) is 8.06. The van der Waals surface area contributed by atoms with E-state index in [0.717, 1.165) is 18.8 Å². The third-order valence-electron chi connectivity index (χ3n) is 3.12. The van der Waals surface area contributed by atoms with Crippen molar-refractivity contribution >= 4 is 11.3 Å². The van der Waals surface area contributed by atoms with Gasteiger partial charge in [-0.1, -0.05) is 25.1 Å². The Morgan fingerprint density at radius 3 is 2.71 bits per heavy atom.